The van der Waals surface area contributed by atoms with Crippen LogP contribution in [0.5, 0.6) is 0 Å². The molecule has 5 heteroatoms. The van der Waals surface area contributed by atoms with E-state index in [2.05, 4.69) is 16.8 Å². The van der Waals surface area contributed by atoms with Gasteiger partial charge in [-0.15, -0.1) is 0 Å². The fourth-order valence-electron chi connectivity index (χ4n) is 2.51. The van der Waals surface area contributed by atoms with E-state index in [1.165, 1.54) is 0 Å². The number of nitrogens with zero attached hydrogens (tertiary/aromatic N) is 3. The lowest BCUT2D eigenvalue weighted by Gasteiger charge is -2.34. The first-order chi connectivity index (χ1) is 9.72. The number of morpholine rings is 1. The van der Waals surface area contributed by atoms with Crippen LogP contribution in [0.15, 0.2) is 24.4 Å². The van der Waals surface area contributed by atoms with Crippen molar-refractivity contribution in [2.75, 3.05) is 37.7 Å². The summed E-state index contributed by atoms with van der Waals surface area (Å²) in [4.78, 5) is 20.7. The van der Waals surface area contributed by atoms with Gasteiger partial charge in [-0.3, -0.25) is 14.6 Å². The third-order valence-electron chi connectivity index (χ3n) is 3.53. The number of rotatable bonds is 5. The van der Waals surface area contributed by atoms with Crippen LogP contribution in [-0.2, 0) is 9.53 Å². The minimum Gasteiger partial charge on any atom is -0.379 e. The largest absolute Gasteiger partial charge is 0.379 e. The van der Waals surface area contributed by atoms with Gasteiger partial charge in [0.15, 0.2) is 0 Å². The first-order valence-electron chi connectivity index (χ1n) is 7.25. The highest BCUT2D eigenvalue weighted by Crippen LogP contribution is 2.16. The first-order valence-corrected chi connectivity index (χ1v) is 7.25. The second-order valence-corrected chi connectivity index (χ2v) is 5.07. The molecule has 0 bridgehead atoms. The number of hydrogen-bond donors (Lipinski definition) is 0. The molecule has 5 nitrogen and oxygen atoms in total. The summed E-state index contributed by atoms with van der Waals surface area (Å²) < 4.78 is 5.36. The summed E-state index contributed by atoms with van der Waals surface area (Å²) in [5, 5.41) is 0. The van der Waals surface area contributed by atoms with Crippen molar-refractivity contribution in [3.63, 3.8) is 0 Å². The number of ether oxygens (including phenoxy) is 1. The van der Waals surface area contributed by atoms with Crippen LogP contribution < -0.4 is 4.90 Å². The SMILES string of the molecule is CCC(=O)N(c1ccccn1)C(C)CN1CCOCC1. The summed E-state index contributed by atoms with van der Waals surface area (Å²) in [7, 11) is 0. The van der Waals surface area contributed by atoms with Gasteiger partial charge in [0.2, 0.25) is 5.91 Å². The van der Waals surface area contributed by atoms with Gasteiger partial charge in [-0.1, -0.05) is 13.0 Å². The number of anilines is 1. The second kappa shape index (κ2) is 7.36. The number of carbonyl (C=O) groups is 1. The molecule has 0 N–H and O–H groups in total. The predicted molar refractivity (Wildman–Crippen MR) is 78.7 cm³/mol. The highest BCUT2D eigenvalue weighted by Gasteiger charge is 2.24. The van der Waals surface area contributed by atoms with Gasteiger partial charge < -0.3 is 4.74 Å². The van der Waals surface area contributed by atoms with Crippen molar-refractivity contribution >= 4 is 11.7 Å². The van der Waals surface area contributed by atoms with Crippen molar-refractivity contribution in [2.45, 2.75) is 26.3 Å². The van der Waals surface area contributed by atoms with Crippen molar-refractivity contribution in [1.29, 1.82) is 0 Å². The first kappa shape index (κ1) is 14.9. The molecular formula is C15H23N3O2. The number of hydrogen-bond acceptors (Lipinski definition) is 4. The highest BCUT2D eigenvalue weighted by molar-refractivity contribution is 5.92. The summed E-state index contributed by atoms with van der Waals surface area (Å²) in [5.41, 5.74) is 0. The van der Waals surface area contributed by atoms with Crippen molar-refractivity contribution in [3.05, 3.63) is 24.4 Å². The smallest absolute Gasteiger partial charge is 0.228 e. The number of aromatic nitrogens is 1. The van der Waals surface area contributed by atoms with Gasteiger partial charge in [0, 0.05) is 38.3 Å². The molecule has 0 saturated carbocycles. The molecule has 1 aliphatic rings. The summed E-state index contributed by atoms with van der Waals surface area (Å²) in [6, 6.07) is 5.78. The summed E-state index contributed by atoms with van der Waals surface area (Å²) >= 11 is 0. The molecule has 1 fully saturated rings. The van der Waals surface area contributed by atoms with Crippen LogP contribution >= 0.6 is 0 Å². The van der Waals surface area contributed by atoms with Crippen LogP contribution in [-0.4, -0.2) is 54.7 Å². The molecule has 1 aromatic heterocycles. The molecule has 1 aromatic rings. The molecule has 2 rings (SSSR count). The van der Waals surface area contributed by atoms with E-state index in [1.54, 1.807) is 6.20 Å². The van der Waals surface area contributed by atoms with Gasteiger partial charge in [-0.25, -0.2) is 4.98 Å². The molecule has 20 heavy (non-hydrogen) atoms. The Kier molecular flexibility index (Phi) is 5.49. The third-order valence-corrected chi connectivity index (χ3v) is 3.53. The van der Waals surface area contributed by atoms with Gasteiger partial charge in [0.1, 0.15) is 5.82 Å². The lowest BCUT2D eigenvalue weighted by molar-refractivity contribution is -0.118. The average molecular weight is 277 g/mol. The fraction of sp³-hybridized carbons (Fsp3) is 0.600. The average Bonchev–Trinajstić information content (AvgIpc) is 2.49. The second-order valence-electron chi connectivity index (χ2n) is 5.07. The van der Waals surface area contributed by atoms with E-state index in [0.29, 0.717) is 6.42 Å². The lowest BCUT2D eigenvalue weighted by atomic mass is 10.2. The Hall–Kier alpha value is -1.46. The molecule has 0 radical (unpaired) electrons. The zero-order chi connectivity index (χ0) is 14.4. The van der Waals surface area contributed by atoms with Crippen LogP contribution in [0.2, 0.25) is 0 Å². The van der Waals surface area contributed by atoms with Crippen molar-refractivity contribution < 1.29 is 9.53 Å². The zero-order valence-electron chi connectivity index (χ0n) is 12.3. The molecular weight excluding hydrogens is 254 g/mol. The van der Waals surface area contributed by atoms with Crippen LogP contribution in [0.25, 0.3) is 0 Å². The van der Waals surface area contributed by atoms with Gasteiger partial charge in [0.25, 0.3) is 0 Å². The molecule has 1 aliphatic heterocycles. The molecule has 1 amide bonds. The Balaban J connectivity index is 2.07. The Labute approximate surface area is 120 Å². The minimum absolute atomic E-state index is 0.107. The van der Waals surface area contributed by atoms with E-state index >= 15 is 0 Å². The van der Waals surface area contributed by atoms with Crippen LogP contribution in [0.3, 0.4) is 0 Å². The van der Waals surface area contributed by atoms with E-state index in [1.807, 2.05) is 30.0 Å². The number of pyridine rings is 1. The van der Waals surface area contributed by atoms with Crippen molar-refractivity contribution in [3.8, 4) is 0 Å². The van der Waals surface area contributed by atoms with Crippen LogP contribution in [0.1, 0.15) is 20.3 Å². The van der Waals surface area contributed by atoms with Gasteiger partial charge in [0.05, 0.1) is 13.2 Å². The summed E-state index contributed by atoms with van der Waals surface area (Å²) in [5.74, 6) is 0.851. The van der Waals surface area contributed by atoms with Crippen LogP contribution in [0.4, 0.5) is 5.82 Å². The fourth-order valence-corrected chi connectivity index (χ4v) is 2.51. The molecule has 1 saturated heterocycles. The Morgan fingerprint density at radius 1 is 1.45 bits per heavy atom. The summed E-state index contributed by atoms with van der Waals surface area (Å²) in [6.07, 6.45) is 2.22. The quantitative estimate of drug-likeness (QED) is 0.819. The number of carbonyl (C=O) groups excluding carboxylic acids is 1. The van der Waals surface area contributed by atoms with Gasteiger partial charge in [-0.2, -0.15) is 0 Å². The summed E-state index contributed by atoms with van der Waals surface area (Å²) in [6.45, 7) is 8.24. The highest BCUT2D eigenvalue weighted by atomic mass is 16.5. The zero-order valence-corrected chi connectivity index (χ0v) is 12.3. The van der Waals surface area contributed by atoms with E-state index in [4.69, 9.17) is 4.74 Å². The van der Waals surface area contributed by atoms with E-state index in [0.717, 1.165) is 38.7 Å². The standard InChI is InChI=1S/C15H23N3O2/c1-3-15(19)18(14-6-4-5-7-16-14)13(2)12-17-8-10-20-11-9-17/h4-7,13H,3,8-12H2,1-2H3. The van der Waals surface area contributed by atoms with Crippen molar-refractivity contribution in [2.24, 2.45) is 0 Å². The van der Waals surface area contributed by atoms with Crippen molar-refractivity contribution in [1.82, 2.24) is 9.88 Å². The molecule has 0 spiro atoms. The number of amides is 1. The Morgan fingerprint density at radius 2 is 2.20 bits per heavy atom. The normalized spacial score (nSPS) is 17.7. The molecule has 2 heterocycles. The predicted octanol–water partition coefficient (Wildman–Crippen LogP) is 1.55. The Morgan fingerprint density at radius 3 is 2.80 bits per heavy atom. The maximum absolute atomic E-state index is 12.2. The molecule has 1 unspecified atom stereocenters. The minimum atomic E-state index is 0.107. The topological polar surface area (TPSA) is 45.7 Å². The maximum Gasteiger partial charge on any atom is 0.228 e. The van der Waals surface area contributed by atoms with Gasteiger partial charge >= 0.3 is 0 Å². The third kappa shape index (κ3) is 3.77. The van der Waals surface area contributed by atoms with Gasteiger partial charge in [-0.05, 0) is 19.1 Å². The monoisotopic (exact) mass is 277 g/mol. The lowest BCUT2D eigenvalue weighted by Crippen LogP contribution is -2.48. The Bertz CT molecular complexity index is 418. The molecule has 1 atom stereocenters. The van der Waals surface area contributed by atoms with Crippen LogP contribution in [0, 0.1) is 0 Å². The van der Waals surface area contributed by atoms with E-state index < -0.39 is 0 Å². The molecule has 0 aromatic carbocycles. The molecule has 0 aliphatic carbocycles. The van der Waals surface area contributed by atoms with E-state index in [9.17, 15) is 4.79 Å². The molecule has 110 valence electrons. The maximum atomic E-state index is 12.2. The van der Waals surface area contributed by atoms with E-state index in [-0.39, 0.29) is 11.9 Å².